The molecule has 0 atom stereocenters. The number of rotatable bonds is 8. The molecule has 2 aromatic carbocycles. The first-order valence-corrected chi connectivity index (χ1v) is 9.23. The van der Waals surface area contributed by atoms with Crippen molar-refractivity contribution >= 4 is 22.8 Å². The van der Waals surface area contributed by atoms with Crippen LogP contribution in [0.5, 0.6) is 11.5 Å². The van der Waals surface area contributed by atoms with Crippen molar-refractivity contribution in [2.45, 2.75) is 12.8 Å². The molecule has 3 aromatic rings. The summed E-state index contributed by atoms with van der Waals surface area (Å²) < 4.78 is 12.1. The van der Waals surface area contributed by atoms with Crippen molar-refractivity contribution in [3.63, 3.8) is 0 Å². The second-order valence-electron chi connectivity index (χ2n) is 6.67. The molecule has 0 fully saturated rings. The first-order chi connectivity index (χ1) is 14.0. The summed E-state index contributed by atoms with van der Waals surface area (Å²) >= 11 is 0. The standard InChI is InChI=1S/C22H24N2O5/c1-24-17-7-5-4-6-15(17)16(21(24)22(26)27)13-20(25)23-11-10-14-8-9-18(28-2)19(12-14)29-3/h4-9,12H,10-11,13H2,1-3H3,(H,23,25)(H,26,27). The van der Waals surface area contributed by atoms with Crippen LogP contribution in [0.1, 0.15) is 21.6 Å². The van der Waals surface area contributed by atoms with E-state index in [0.29, 0.717) is 30.0 Å². The molecule has 0 aliphatic carbocycles. The number of hydrogen-bond donors (Lipinski definition) is 2. The molecule has 1 amide bonds. The first-order valence-electron chi connectivity index (χ1n) is 9.23. The molecule has 0 aliphatic heterocycles. The van der Waals surface area contributed by atoms with E-state index >= 15 is 0 Å². The molecule has 1 heterocycles. The molecule has 0 saturated heterocycles. The van der Waals surface area contributed by atoms with Crippen LogP contribution in [-0.2, 0) is 24.7 Å². The molecular weight excluding hydrogens is 372 g/mol. The number of carboxylic acids is 1. The fourth-order valence-corrected chi connectivity index (χ4v) is 3.53. The van der Waals surface area contributed by atoms with Crippen LogP contribution in [0.3, 0.4) is 0 Å². The van der Waals surface area contributed by atoms with Gasteiger partial charge >= 0.3 is 5.97 Å². The van der Waals surface area contributed by atoms with Gasteiger partial charge in [-0.2, -0.15) is 0 Å². The highest BCUT2D eigenvalue weighted by Gasteiger charge is 2.22. The third-order valence-corrected chi connectivity index (χ3v) is 4.94. The Labute approximate surface area is 168 Å². The number of carbonyl (C=O) groups is 2. The van der Waals surface area contributed by atoms with E-state index in [4.69, 9.17) is 9.47 Å². The maximum atomic E-state index is 12.5. The van der Waals surface area contributed by atoms with E-state index in [1.165, 1.54) is 0 Å². The van der Waals surface area contributed by atoms with E-state index in [1.54, 1.807) is 25.8 Å². The van der Waals surface area contributed by atoms with E-state index in [9.17, 15) is 14.7 Å². The minimum absolute atomic E-state index is 0.00885. The largest absolute Gasteiger partial charge is 0.493 e. The molecule has 0 unspecified atom stereocenters. The Morgan fingerprint density at radius 2 is 1.79 bits per heavy atom. The number of aromatic nitrogens is 1. The second-order valence-corrected chi connectivity index (χ2v) is 6.67. The molecule has 0 radical (unpaired) electrons. The van der Waals surface area contributed by atoms with Crippen molar-refractivity contribution < 1.29 is 24.2 Å². The lowest BCUT2D eigenvalue weighted by Gasteiger charge is -2.10. The normalized spacial score (nSPS) is 10.7. The predicted octanol–water partition coefficient (Wildman–Crippen LogP) is 2.80. The van der Waals surface area contributed by atoms with Gasteiger partial charge in [0.05, 0.1) is 20.6 Å². The summed E-state index contributed by atoms with van der Waals surface area (Å²) in [5, 5.41) is 13.3. The van der Waals surface area contributed by atoms with Gasteiger partial charge in [0.15, 0.2) is 11.5 Å². The first kappa shape index (κ1) is 20.3. The van der Waals surface area contributed by atoms with Gasteiger partial charge < -0.3 is 24.5 Å². The Hall–Kier alpha value is -3.48. The van der Waals surface area contributed by atoms with Crippen LogP contribution < -0.4 is 14.8 Å². The number of carbonyl (C=O) groups excluding carboxylic acids is 1. The van der Waals surface area contributed by atoms with Crippen molar-refractivity contribution in [2.24, 2.45) is 7.05 Å². The van der Waals surface area contributed by atoms with Crippen molar-refractivity contribution in [3.8, 4) is 11.5 Å². The zero-order valence-corrected chi connectivity index (χ0v) is 16.7. The lowest BCUT2D eigenvalue weighted by atomic mass is 10.1. The molecule has 152 valence electrons. The van der Waals surface area contributed by atoms with Gasteiger partial charge in [-0.15, -0.1) is 0 Å². The summed E-state index contributed by atoms with van der Waals surface area (Å²) in [6.07, 6.45) is 0.627. The van der Waals surface area contributed by atoms with Crippen LogP contribution >= 0.6 is 0 Å². The minimum atomic E-state index is -1.04. The van der Waals surface area contributed by atoms with Crippen LogP contribution in [0, 0.1) is 0 Å². The Balaban J connectivity index is 1.69. The Morgan fingerprint density at radius 1 is 1.07 bits per heavy atom. The second kappa shape index (κ2) is 8.68. The van der Waals surface area contributed by atoms with Crippen LogP contribution in [0.15, 0.2) is 42.5 Å². The van der Waals surface area contributed by atoms with E-state index in [0.717, 1.165) is 16.5 Å². The molecule has 0 aliphatic rings. The number of nitrogens with one attached hydrogen (secondary N) is 1. The summed E-state index contributed by atoms with van der Waals surface area (Å²) in [7, 11) is 4.86. The van der Waals surface area contributed by atoms with Gasteiger partial charge in [-0.25, -0.2) is 4.79 Å². The van der Waals surface area contributed by atoms with Gasteiger partial charge in [0, 0.05) is 30.1 Å². The smallest absolute Gasteiger partial charge is 0.352 e. The van der Waals surface area contributed by atoms with Gasteiger partial charge in [-0.3, -0.25) is 4.79 Å². The van der Waals surface area contributed by atoms with Crippen LogP contribution in [0.2, 0.25) is 0 Å². The molecule has 0 spiro atoms. The fraction of sp³-hybridized carbons (Fsp3) is 0.273. The van der Waals surface area contributed by atoms with E-state index in [2.05, 4.69) is 5.32 Å². The van der Waals surface area contributed by atoms with Crippen molar-refractivity contribution in [2.75, 3.05) is 20.8 Å². The van der Waals surface area contributed by atoms with Crippen molar-refractivity contribution in [3.05, 3.63) is 59.3 Å². The van der Waals surface area contributed by atoms with Gasteiger partial charge in [0.25, 0.3) is 0 Å². The number of ether oxygens (including phenoxy) is 2. The van der Waals surface area contributed by atoms with Gasteiger partial charge in [0.2, 0.25) is 5.91 Å². The zero-order chi connectivity index (χ0) is 21.0. The fourth-order valence-electron chi connectivity index (χ4n) is 3.53. The SMILES string of the molecule is COc1ccc(CCNC(=O)Cc2c(C(=O)O)n(C)c3ccccc23)cc1OC. The predicted molar refractivity (Wildman–Crippen MR) is 110 cm³/mol. The number of benzene rings is 2. The zero-order valence-electron chi connectivity index (χ0n) is 16.7. The molecular formula is C22H24N2O5. The molecule has 2 N–H and O–H groups in total. The lowest BCUT2D eigenvalue weighted by Crippen LogP contribution is -2.27. The van der Waals surface area contributed by atoms with Gasteiger partial charge in [-0.1, -0.05) is 24.3 Å². The molecule has 1 aromatic heterocycles. The van der Waals surface area contributed by atoms with Gasteiger partial charge in [0.1, 0.15) is 5.69 Å². The molecule has 0 bridgehead atoms. The van der Waals surface area contributed by atoms with Crippen molar-refractivity contribution in [1.29, 1.82) is 0 Å². The molecule has 0 saturated carbocycles. The molecule has 3 rings (SSSR count). The highest BCUT2D eigenvalue weighted by Crippen LogP contribution is 2.28. The topological polar surface area (TPSA) is 89.8 Å². The number of hydrogen-bond acceptors (Lipinski definition) is 4. The number of fused-ring (bicyclic) bond motifs is 1. The third-order valence-electron chi connectivity index (χ3n) is 4.94. The summed E-state index contributed by atoms with van der Waals surface area (Å²) in [6, 6.07) is 13.0. The van der Waals surface area contributed by atoms with Crippen molar-refractivity contribution in [1.82, 2.24) is 9.88 Å². The quantitative estimate of drug-likeness (QED) is 0.611. The lowest BCUT2D eigenvalue weighted by molar-refractivity contribution is -0.120. The monoisotopic (exact) mass is 396 g/mol. The average molecular weight is 396 g/mol. The van der Waals surface area contributed by atoms with E-state index in [1.807, 2.05) is 42.5 Å². The van der Waals surface area contributed by atoms with Crippen LogP contribution in [0.25, 0.3) is 10.9 Å². The summed E-state index contributed by atoms with van der Waals surface area (Å²) in [6.45, 7) is 0.432. The summed E-state index contributed by atoms with van der Waals surface area (Å²) in [5.41, 5.74) is 2.46. The average Bonchev–Trinajstić information content (AvgIpc) is 3.00. The third kappa shape index (κ3) is 4.18. The number of amides is 1. The Morgan fingerprint density at radius 3 is 2.48 bits per heavy atom. The number of carboxylic acid groups (broad SMARTS) is 1. The summed E-state index contributed by atoms with van der Waals surface area (Å²) in [4.78, 5) is 24.2. The summed E-state index contributed by atoms with van der Waals surface area (Å²) in [5.74, 6) is 0.0248. The number of methoxy groups -OCH3 is 2. The molecule has 7 nitrogen and oxygen atoms in total. The van der Waals surface area contributed by atoms with E-state index < -0.39 is 5.97 Å². The maximum absolute atomic E-state index is 12.5. The number of aromatic carboxylic acids is 1. The van der Waals surface area contributed by atoms with E-state index in [-0.39, 0.29) is 18.0 Å². The number of aryl methyl sites for hydroxylation is 1. The Kier molecular flexibility index (Phi) is 6.07. The van der Waals surface area contributed by atoms with Crippen LogP contribution in [0.4, 0.5) is 0 Å². The Bertz CT molecular complexity index is 1050. The number of para-hydroxylation sites is 1. The highest BCUT2D eigenvalue weighted by molar-refractivity contribution is 6.00. The number of nitrogens with zero attached hydrogens (tertiary/aromatic N) is 1. The van der Waals surface area contributed by atoms with Gasteiger partial charge in [-0.05, 0) is 30.2 Å². The maximum Gasteiger partial charge on any atom is 0.352 e. The van der Waals surface area contributed by atoms with Crippen LogP contribution in [-0.4, -0.2) is 42.3 Å². The molecule has 29 heavy (non-hydrogen) atoms. The molecule has 7 heteroatoms. The highest BCUT2D eigenvalue weighted by atomic mass is 16.5. The minimum Gasteiger partial charge on any atom is -0.493 e.